The van der Waals surface area contributed by atoms with Crippen molar-refractivity contribution >= 4 is 28.5 Å². The molecule has 0 atom stereocenters. The molecule has 0 aliphatic rings. The Hall–Kier alpha value is -1.55. The van der Waals surface area contributed by atoms with Crippen LogP contribution in [0.25, 0.3) is 11.0 Å². The summed E-state index contributed by atoms with van der Waals surface area (Å²) < 4.78 is 2.08. The number of hydrogen-bond acceptors (Lipinski definition) is 2. The highest BCUT2D eigenvalue weighted by Gasteiger charge is 2.15. The van der Waals surface area contributed by atoms with Crippen molar-refractivity contribution in [3.05, 3.63) is 29.6 Å². The van der Waals surface area contributed by atoms with Crippen molar-refractivity contribution < 1.29 is 4.79 Å². The molecule has 5 heteroatoms. The third-order valence-electron chi connectivity index (χ3n) is 3.83. The molecule has 1 heterocycles. The summed E-state index contributed by atoms with van der Waals surface area (Å²) in [5, 5.41) is 0. The van der Waals surface area contributed by atoms with E-state index >= 15 is 0 Å². The molecule has 1 amide bonds. The van der Waals surface area contributed by atoms with Gasteiger partial charge in [0.1, 0.15) is 5.82 Å². The zero-order valence-electron chi connectivity index (χ0n) is 12.9. The summed E-state index contributed by atoms with van der Waals surface area (Å²) in [6, 6.07) is 6.04. The Kier molecular flexibility index (Phi) is 5.23. The van der Waals surface area contributed by atoms with Gasteiger partial charge in [0.25, 0.3) is 0 Å². The van der Waals surface area contributed by atoms with Gasteiger partial charge in [0.2, 0.25) is 5.91 Å². The third-order valence-corrected chi connectivity index (χ3v) is 4.07. The smallest absolute Gasteiger partial charge is 0.224 e. The van der Waals surface area contributed by atoms with Crippen LogP contribution in [-0.4, -0.2) is 33.4 Å². The zero-order valence-corrected chi connectivity index (χ0v) is 13.7. The molecule has 0 spiro atoms. The molecule has 4 nitrogen and oxygen atoms in total. The molecular formula is C16H22ClN3O. The second kappa shape index (κ2) is 6.94. The van der Waals surface area contributed by atoms with Gasteiger partial charge in [0, 0.05) is 26.1 Å². The molecule has 0 fully saturated rings. The molecule has 1 aromatic carbocycles. The summed E-state index contributed by atoms with van der Waals surface area (Å²) in [7, 11) is 0. The van der Waals surface area contributed by atoms with Gasteiger partial charge in [-0.1, -0.05) is 12.1 Å². The molecule has 21 heavy (non-hydrogen) atoms. The number of halogens is 1. The van der Waals surface area contributed by atoms with E-state index in [1.807, 2.05) is 30.9 Å². The minimum atomic E-state index is 0.177. The van der Waals surface area contributed by atoms with Gasteiger partial charge in [-0.15, -0.1) is 11.6 Å². The first-order valence-electron chi connectivity index (χ1n) is 7.40. The molecule has 0 radical (unpaired) electrons. The number of para-hydroxylation sites is 1. The van der Waals surface area contributed by atoms with E-state index in [1.54, 1.807) is 0 Å². The van der Waals surface area contributed by atoms with Crippen LogP contribution in [-0.2, 0) is 17.2 Å². The first-order valence-corrected chi connectivity index (χ1v) is 7.94. The summed E-state index contributed by atoms with van der Waals surface area (Å²) in [4.78, 5) is 18.6. The minimum absolute atomic E-state index is 0.177. The van der Waals surface area contributed by atoms with Crippen molar-refractivity contribution in [1.82, 2.24) is 14.5 Å². The lowest BCUT2D eigenvalue weighted by atomic mass is 10.2. The van der Waals surface area contributed by atoms with Crippen molar-refractivity contribution in [2.24, 2.45) is 0 Å². The van der Waals surface area contributed by atoms with E-state index in [-0.39, 0.29) is 5.91 Å². The summed E-state index contributed by atoms with van der Waals surface area (Å²) in [5.74, 6) is 1.36. The van der Waals surface area contributed by atoms with E-state index in [0.29, 0.717) is 18.8 Å². The summed E-state index contributed by atoms with van der Waals surface area (Å²) in [6.07, 6.45) is 0.478. The highest BCUT2D eigenvalue weighted by Crippen LogP contribution is 2.21. The molecule has 2 rings (SSSR count). The average molecular weight is 308 g/mol. The van der Waals surface area contributed by atoms with E-state index in [9.17, 15) is 4.79 Å². The monoisotopic (exact) mass is 307 g/mol. The molecule has 0 saturated carbocycles. The number of rotatable bonds is 6. The molecule has 0 unspecified atom stereocenters. The Morgan fingerprint density at radius 1 is 1.33 bits per heavy atom. The van der Waals surface area contributed by atoms with Gasteiger partial charge in [-0.05, 0) is 32.4 Å². The van der Waals surface area contributed by atoms with E-state index in [2.05, 4.69) is 22.5 Å². The lowest BCUT2D eigenvalue weighted by molar-refractivity contribution is -0.131. The molecule has 0 aliphatic carbocycles. The number of carbonyl (C=O) groups excluding carboxylic acids is 1. The van der Waals surface area contributed by atoms with E-state index in [0.717, 1.165) is 35.5 Å². The Morgan fingerprint density at radius 2 is 2.05 bits per heavy atom. The van der Waals surface area contributed by atoms with Crippen LogP contribution < -0.4 is 0 Å². The average Bonchev–Trinajstić information content (AvgIpc) is 2.85. The second-order valence-corrected chi connectivity index (χ2v) is 5.34. The number of carbonyl (C=O) groups is 1. The lowest BCUT2D eigenvalue weighted by Gasteiger charge is -2.19. The molecule has 0 aliphatic heterocycles. The van der Waals surface area contributed by atoms with E-state index < -0.39 is 0 Å². The lowest BCUT2D eigenvalue weighted by Crippen LogP contribution is -2.31. The van der Waals surface area contributed by atoms with Crippen molar-refractivity contribution in [1.29, 1.82) is 0 Å². The fourth-order valence-corrected chi connectivity index (χ4v) is 2.90. The highest BCUT2D eigenvalue weighted by atomic mass is 35.5. The molecular weight excluding hydrogens is 286 g/mol. The molecule has 0 N–H and O–H groups in total. The fraction of sp³-hybridized carbons (Fsp3) is 0.500. The van der Waals surface area contributed by atoms with Crippen molar-refractivity contribution in [2.75, 3.05) is 13.1 Å². The number of hydrogen-bond donors (Lipinski definition) is 0. The normalized spacial score (nSPS) is 11.0. The molecule has 2 aromatic rings. The van der Waals surface area contributed by atoms with Crippen LogP contribution in [0.4, 0.5) is 0 Å². The van der Waals surface area contributed by atoms with Gasteiger partial charge >= 0.3 is 0 Å². The van der Waals surface area contributed by atoms with Crippen LogP contribution in [0.1, 0.15) is 31.7 Å². The standard InChI is InChI=1S/C16H22ClN3O/c1-4-19(5-2)15(21)9-10-20-14(11-17)18-13-8-6-7-12(3)16(13)20/h6-8H,4-5,9-11H2,1-3H3. The van der Waals surface area contributed by atoms with Crippen LogP contribution >= 0.6 is 11.6 Å². The Balaban J connectivity index is 2.27. The number of imidazole rings is 1. The number of benzene rings is 1. The van der Waals surface area contributed by atoms with Crippen LogP contribution in [0.5, 0.6) is 0 Å². The highest BCUT2D eigenvalue weighted by molar-refractivity contribution is 6.16. The van der Waals surface area contributed by atoms with Gasteiger partial charge < -0.3 is 9.47 Å². The number of nitrogens with zero attached hydrogens (tertiary/aromatic N) is 3. The fourth-order valence-electron chi connectivity index (χ4n) is 2.70. The predicted octanol–water partition coefficient (Wildman–Crippen LogP) is 3.34. The predicted molar refractivity (Wildman–Crippen MR) is 86.6 cm³/mol. The molecule has 0 saturated heterocycles. The third kappa shape index (κ3) is 3.21. The Labute approximate surface area is 130 Å². The van der Waals surface area contributed by atoms with Gasteiger partial charge in [-0.2, -0.15) is 0 Å². The molecule has 0 bridgehead atoms. The van der Waals surface area contributed by atoms with E-state index in [1.165, 1.54) is 0 Å². The van der Waals surface area contributed by atoms with Gasteiger partial charge in [0.05, 0.1) is 16.9 Å². The summed E-state index contributed by atoms with van der Waals surface area (Å²) >= 11 is 6.01. The maximum absolute atomic E-state index is 12.2. The molecule has 1 aromatic heterocycles. The summed E-state index contributed by atoms with van der Waals surface area (Å²) in [5.41, 5.74) is 3.19. The number of fused-ring (bicyclic) bond motifs is 1. The number of amides is 1. The largest absolute Gasteiger partial charge is 0.343 e. The van der Waals surface area contributed by atoms with Gasteiger partial charge in [0.15, 0.2) is 0 Å². The quantitative estimate of drug-likeness (QED) is 0.768. The SMILES string of the molecule is CCN(CC)C(=O)CCn1c(CCl)nc2cccc(C)c21. The van der Waals surface area contributed by atoms with Crippen LogP contribution in [0.3, 0.4) is 0 Å². The maximum Gasteiger partial charge on any atom is 0.224 e. The Morgan fingerprint density at radius 3 is 2.67 bits per heavy atom. The second-order valence-electron chi connectivity index (χ2n) is 5.07. The van der Waals surface area contributed by atoms with Crippen LogP contribution in [0, 0.1) is 6.92 Å². The van der Waals surface area contributed by atoms with Gasteiger partial charge in [-0.25, -0.2) is 4.98 Å². The first kappa shape index (κ1) is 15.8. The van der Waals surface area contributed by atoms with Crippen molar-refractivity contribution in [2.45, 2.75) is 39.6 Å². The Bertz CT molecular complexity index is 632. The van der Waals surface area contributed by atoms with Crippen molar-refractivity contribution in [3.8, 4) is 0 Å². The first-order chi connectivity index (χ1) is 10.1. The minimum Gasteiger partial charge on any atom is -0.343 e. The zero-order chi connectivity index (χ0) is 15.4. The van der Waals surface area contributed by atoms with E-state index in [4.69, 9.17) is 11.6 Å². The molecule has 114 valence electrons. The van der Waals surface area contributed by atoms with Gasteiger partial charge in [-0.3, -0.25) is 4.79 Å². The topological polar surface area (TPSA) is 38.1 Å². The number of alkyl halides is 1. The summed E-state index contributed by atoms with van der Waals surface area (Å²) in [6.45, 7) is 8.19. The van der Waals surface area contributed by atoms with Crippen molar-refractivity contribution in [3.63, 3.8) is 0 Å². The van der Waals surface area contributed by atoms with Crippen LogP contribution in [0.15, 0.2) is 18.2 Å². The number of aryl methyl sites for hydroxylation is 2. The van der Waals surface area contributed by atoms with Crippen LogP contribution in [0.2, 0.25) is 0 Å². The maximum atomic E-state index is 12.2. The number of aromatic nitrogens is 2.